The maximum atomic E-state index is 13.1. The van der Waals surface area contributed by atoms with Crippen LogP contribution in [0.5, 0.6) is 0 Å². The topological polar surface area (TPSA) is 73.9 Å². The van der Waals surface area contributed by atoms with Crippen molar-refractivity contribution < 1.29 is 14.3 Å². The molecule has 162 valence electrons. The Morgan fingerprint density at radius 1 is 1.28 bits per heavy atom. The molecule has 0 radical (unpaired) electrons. The fraction of sp³-hybridized carbons (Fsp3) is 0.600. The highest BCUT2D eigenvalue weighted by Gasteiger charge is 2.54. The second kappa shape index (κ2) is 10.5. The molecule has 1 aromatic carbocycles. The largest absolute Gasteiger partial charge is 0.449 e. The minimum atomic E-state index is -0.364. The van der Waals surface area contributed by atoms with Crippen LogP contribution in [0, 0.1) is 11.3 Å². The second-order valence-corrected chi connectivity index (χ2v) is 7.85. The molecule has 2 atom stereocenters. The number of nitrogens with one attached hydrogen (secondary N) is 2. The zero-order chi connectivity index (χ0) is 18.7. The van der Waals surface area contributed by atoms with E-state index >= 15 is 0 Å². The first-order chi connectivity index (χ1) is 13.2. The number of rotatable bonds is 6. The Balaban J connectivity index is 0.00000150. The molecule has 0 aliphatic carbocycles. The number of carbonyl (C=O) groups excluding carboxylic acids is 2. The van der Waals surface area contributed by atoms with Gasteiger partial charge in [0.25, 0.3) is 0 Å². The van der Waals surface area contributed by atoms with Gasteiger partial charge in [0.1, 0.15) is 0 Å². The van der Waals surface area contributed by atoms with Gasteiger partial charge in [0, 0.05) is 58.3 Å². The third-order valence-electron chi connectivity index (χ3n) is 6.02. The maximum Gasteiger partial charge on any atom is 0.409 e. The highest BCUT2D eigenvalue weighted by Crippen LogP contribution is 2.39. The molecule has 0 bridgehead atoms. The van der Waals surface area contributed by atoms with Gasteiger partial charge in [-0.1, -0.05) is 30.3 Å². The number of hydrogen-bond donors (Lipinski definition) is 2. The zero-order valence-electron chi connectivity index (χ0n) is 16.5. The number of hydrogen-bond acceptors (Lipinski definition) is 5. The summed E-state index contributed by atoms with van der Waals surface area (Å²) in [6.45, 7) is 6.38. The van der Waals surface area contributed by atoms with Crippen molar-refractivity contribution in [3.05, 3.63) is 35.9 Å². The van der Waals surface area contributed by atoms with Crippen LogP contribution in [0.15, 0.2) is 30.3 Å². The molecule has 3 saturated heterocycles. The summed E-state index contributed by atoms with van der Waals surface area (Å²) in [5, 5.41) is 6.49. The van der Waals surface area contributed by atoms with Gasteiger partial charge in [0.15, 0.2) is 0 Å². The van der Waals surface area contributed by atoms with E-state index < -0.39 is 0 Å². The smallest absolute Gasteiger partial charge is 0.409 e. The standard InChI is InChI=1S/C20H28N4O3.2ClH/c25-18(22-7-9-24-8-4-10-27-19(24)26)20-14-21-11-17(20)13-23(15-20)12-16-5-2-1-3-6-16;;/h1-3,5-6,17,21H,4,7-15H2,(H,22,25);2*1H/t17-,20-;;/m1../s1. The summed E-state index contributed by atoms with van der Waals surface area (Å²) in [4.78, 5) is 28.8. The van der Waals surface area contributed by atoms with Crippen molar-refractivity contribution >= 4 is 36.8 Å². The van der Waals surface area contributed by atoms with E-state index in [1.807, 2.05) is 6.07 Å². The molecule has 0 aromatic heterocycles. The molecule has 7 nitrogen and oxygen atoms in total. The van der Waals surface area contributed by atoms with E-state index in [0.29, 0.717) is 32.2 Å². The predicted molar refractivity (Wildman–Crippen MR) is 116 cm³/mol. The number of fused-ring (bicyclic) bond motifs is 1. The Bertz CT molecular complexity index is 694. The Morgan fingerprint density at radius 2 is 2.07 bits per heavy atom. The molecular formula is C20H30Cl2N4O3. The van der Waals surface area contributed by atoms with Crippen molar-refractivity contribution in [2.45, 2.75) is 13.0 Å². The molecule has 1 aromatic rings. The Morgan fingerprint density at radius 3 is 2.83 bits per heavy atom. The van der Waals surface area contributed by atoms with Crippen LogP contribution in [-0.4, -0.2) is 74.2 Å². The predicted octanol–water partition coefficient (Wildman–Crippen LogP) is 1.51. The minimum Gasteiger partial charge on any atom is -0.449 e. The second-order valence-electron chi connectivity index (χ2n) is 7.85. The zero-order valence-corrected chi connectivity index (χ0v) is 18.1. The van der Waals surface area contributed by atoms with Crippen LogP contribution in [0.3, 0.4) is 0 Å². The molecule has 0 unspecified atom stereocenters. The van der Waals surface area contributed by atoms with Crippen LogP contribution in [-0.2, 0) is 16.1 Å². The third kappa shape index (κ3) is 5.15. The summed E-state index contributed by atoms with van der Waals surface area (Å²) in [7, 11) is 0. The van der Waals surface area contributed by atoms with Crippen molar-refractivity contribution in [1.82, 2.24) is 20.4 Å². The molecule has 3 heterocycles. The van der Waals surface area contributed by atoms with Gasteiger partial charge in [0.05, 0.1) is 12.0 Å². The van der Waals surface area contributed by atoms with Crippen molar-refractivity contribution in [1.29, 1.82) is 0 Å². The maximum absolute atomic E-state index is 13.1. The van der Waals surface area contributed by atoms with Crippen LogP contribution < -0.4 is 10.6 Å². The summed E-state index contributed by atoms with van der Waals surface area (Å²) in [5.74, 6) is 0.444. The number of cyclic esters (lactones) is 1. The summed E-state index contributed by atoms with van der Waals surface area (Å²) in [6.07, 6.45) is 0.577. The molecule has 3 fully saturated rings. The van der Waals surface area contributed by atoms with Crippen LogP contribution in [0.2, 0.25) is 0 Å². The van der Waals surface area contributed by atoms with Gasteiger partial charge in [-0.15, -0.1) is 24.8 Å². The molecule has 9 heteroatoms. The van der Waals surface area contributed by atoms with E-state index in [4.69, 9.17) is 4.74 Å². The average Bonchev–Trinajstić information content (AvgIpc) is 3.22. The average molecular weight is 445 g/mol. The molecule has 3 aliphatic rings. The molecule has 0 spiro atoms. The first-order valence-electron chi connectivity index (χ1n) is 9.84. The number of ether oxygens (including phenoxy) is 1. The number of amides is 2. The number of likely N-dealkylation sites (tertiary alicyclic amines) is 1. The SMILES string of the molecule is Cl.Cl.O=C1OCCCN1CCNC(=O)[C@@]12CNC[C@@H]1CN(Cc1ccccc1)C2. The van der Waals surface area contributed by atoms with Crippen LogP contribution in [0.1, 0.15) is 12.0 Å². The summed E-state index contributed by atoms with van der Waals surface area (Å²) >= 11 is 0. The lowest BCUT2D eigenvalue weighted by atomic mass is 9.80. The van der Waals surface area contributed by atoms with Gasteiger partial charge in [-0.05, 0) is 12.0 Å². The van der Waals surface area contributed by atoms with Crippen molar-refractivity contribution in [2.75, 3.05) is 52.4 Å². The lowest BCUT2D eigenvalue weighted by molar-refractivity contribution is -0.130. The van der Waals surface area contributed by atoms with E-state index in [2.05, 4.69) is 39.8 Å². The summed E-state index contributed by atoms with van der Waals surface area (Å²) in [5.41, 5.74) is 0.918. The molecule has 4 rings (SSSR count). The number of carbonyl (C=O) groups is 2. The first-order valence-corrected chi connectivity index (χ1v) is 9.84. The molecule has 29 heavy (non-hydrogen) atoms. The highest BCUT2D eigenvalue weighted by molar-refractivity contribution is 5.86. The van der Waals surface area contributed by atoms with E-state index in [1.165, 1.54) is 5.56 Å². The Hall–Kier alpha value is -1.54. The third-order valence-corrected chi connectivity index (χ3v) is 6.02. The number of benzene rings is 1. The fourth-order valence-corrected chi connectivity index (χ4v) is 4.59. The van der Waals surface area contributed by atoms with Gasteiger partial charge in [-0.25, -0.2) is 4.79 Å². The lowest BCUT2D eigenvalue weighted by Gasteiger charge is -2.29. The summed E-state index contributed by atoms with van der Waals surface area (Å²) in [6, 6.07) is 10.4. The van der Waals surface area contributed by atoms with Crippen molar-refractivity contribution in [3.63, 3.8) is 0 Å². The van der Waals surface area contributed by atoms with E-state index in [-0.39, 0.29) is 42.2 Å². The van der Waals surface area contributed by atoms with E-state index in [9.17, 15) is 9.59 Å². The van der Waals surface area contributed by atoms with Crippen molar-refractivity contribution in [2.24, 2.45) is 11.3 Å². The van der Waals surface area contributed by atoms with Crippen LogP contribution >= 0.6 is 24.8 Å². The van der Waals surface area contributed by atoms with Gasteiger partial charge in [-0.2, -0.15) is 0 Å². The van der Waals surface area contributed by atoms with Crippen LogP contribution in [0.4, 0.5) is 4.79 Å². The van der Waals surface area contributed by atoms with E-state index in [1.54, 1.807) is 4.90 Å². The van der Waals surface area contributed by atoms with E-state index in [0.717, 1.165) is 39.1 Å². The first kappa shape index (κ1) is 23.7. The quantitative estimate of drug-likeness (QED) is 0.695. The molecule has 2 amide bonds. The van der Waals surface area contributed by atoms with Gasteiger partial charge >= 0.3 is 6.09 Å². The highest BCUT2D eigenvalue weighted by atomic mass is 35.5. The molecule has 3 aliphatic heterocycles. The molecule has 2 N–H and O–H groups in total. The molecular weight excluding hydrogens is 415 g/mol. The normalized spacial score (nSPS) is 26.1. The van der Waals surface area contributed by atoms with Gasteiger partial charge < -0.3 is 20.3 Å². The van der Waals surface area contributed by atoms with Crippen LogP contribution in [0.25, 0.3) is 0 Å². The minimum absolute atomic E-state index is 0. The van der Waals surface area contributed by atoms with Crippen molar-refractivity contribution in [3.8, 4) is 0 Å². The molecule has 0 saturated carbocycles. The van der Waals surface area contributed by atoms with Gasteiger partial charge in [-0.3, -0.25) is 9.69 Å². The monoisotopic (exact) mass is 444 g/mol. The fourth-order valence-electron chi connectivity index (χ4n) is 4.59. The number of halogens is 2. The number of nitrogens with zero attached hydrogens (tertiary/aromatic N) is 2. The summed E-state index contributed by atoms with van der Waals surface area (Å²) < 4.78 is 5.04. The Kier molecular flexibility index (Phi) is 8.58. The Labute approximate surface area is 184 Å². The lowest BCUT2D eigenvalue weighted by Crippen LogP contribution is -2.50. The van der Waals surface area contributed by atoms with Gasteiger partial charge in [0.2, 0.25) is 5.91 Å².